The Bertz CT molecular complexity index is 431. The van der Waals surface area contributed by atoms with Crippen molar-refractivity contribution in [2.75, 3.05) is 34.0 Å². The van der Waals surface area contributed by atoms with E-state index < -0.39 is 10.9 Å². The zero-order valence-electron chi connectivity index (χ0n) is 11.1. The average molecular weight is 290 g/mol. The van der Waals surface area contributed by atoms with E-state index in [0.717, 1.165) is 11.3 Å². The minimum Gasteiger partial charge on any atom is -0.623 e. The number of methoxy groups -OCH3 is 1. The fraction of sp³-hybridized carbons (Fsp3) is 0.800. The minimum atomic E-state index is -1.15. The molecule has 0 saturated carbocycles. The molecule has 0 aromatic carbocycles. The molecule has 1 aliphatic rings. The van der Waals surface area contributed by atoms with E-state index in [1.807, 2.05) is 6.92 Å². The van der Waals surface area contributed by atoms with Gasteiger partial charge in [0.15, 0.2) is 0 Å². The van der Waals surface area contributed by atoms with E-state index in [1.165, 1.54) is 7.11 Å². The van der Waals surface area contributed by atoms with Gasteiger partial charge in [0.1, 0.15) is 12.7 Å². The van der Waals surface area contributed by atoms with Crippen LogP contribution in [0.1, 0.15) is 6.92 Å². The van der Waals surface area contributed by atoms with Crippen molar-refractivity contribution in [2.24, 2.45) is 0 Å². The van der Waals surface area contributed by atoms with Crippen LogP contribution in [-0.2, 0) is 4.74 Å². The van der Waals surface area contributed by atoms with E-state index in [4.69, 9.17) is 9.47 Å². The van der Waals surface area contributed by atoms with Crippen LogP contribution >= 0.6 is 11.3 Å². The summed E-state index contributed by atoms with van der Waals surface area (Å²) in [6, 6.07) is -0.359. The molecular formula is C10H18N4O4S. The Labute approximate surface area is 115 Å². The van der Waals surface area contributed by atoms with Gasteiger partial charge >= 0.3 is 5.13 Å². The van der Waals surface area contributed by atoms with Crippen molar-refractivity contribution < 1.29 is 14.6 Å². The molecule has 1 N–H and O–H groups in total. The molecule has 0 bridgehead atoms. The van der Waals surface area contributed by atoms with Crippen LogP contribution in [0.15, 0.2) is 0 Å². The average Bonchev–Trinajstić information content (AvgIpc) is 2.91. The molecule has 1 aromatic heterocycles. The zero-order chi connectivity index (χ0) is 14.0. The Morgan fingerprint density at radius 1 is 1.58 bits per heavy atom. The Morgan fingerprint density at radius 3 is 2.95 bits per heavy atom. The van der Waals surface area contributed by atoms with Crippen LogP contribution in [0.4, 0.5) is 5.13 Å². The normalized spacial score (nSPS) is 31.8. The van der Waals surface area contributed by atoms with Crippen LogP contribution in [0, 0.1) is 5.21 Å². The van der Waals surface area contributed by atoms with Crippen LogP contribution in [0.5, 0.6) is 5.19 Å². The van der Waals surface area contributed by atoms with Gasteiger partial charge in [-0.05, 0) is 14.0 Å². The molecule has 9 heteroatoms. The van der Waals surface area contributed by atoms with Gasteiger partial charge in [-0.2, -0.15) is 0 Å². The van der Waals surface area contributed by atoms with Gasteiger partial charge in [0.25, 0.3) is 5.19 Å². The summed E-state index contributed by atoms with van der Waals surface area (Å²) in [4.78, 5) is 1.77. The van der Waals surface area contributed by atoms with Crippen molar-refractivity contribution >= 4 is 16.5 Å². The smallest absolute Gasteiger partial charge is 0.313 e. The maximum Gasteiger partial charge on any atom is 0.313 e. The molecule has 2 rings (SSSR count). The highest BCUT2D eigenvalue weighted by Crippen LogP contribution is 2.37. The summed E-state index contributed by atoms with van der Waals surface area (Å²) in [6.07, 6.45) is -1.15. The Kier molecular flexibility index (Phi) is 4.33. The Morgan fingerprint density at radius 2 is 2.32 bits per heavy atom. The molecule has 8 nitrogen and oxygen atoms in total. The highest BCUT2D eigenvalue weighted by molar-refractivity contribution is 7.16. The quantitative estimate of drug-likeness (QED) is 0.602. The molecule has 1 aromatic rings. The second kappa shape index (κ2) is 5.65. The van der Waals surface area contributed by atoms with Crippen LogP contribution in [0.3, 0.4) is 0 Å². The standard InChI is InChI=1S/C10H18N4O4S/c1-4-18-10-12-11-9(19-10)14(16)6-13(2)7(5-17-3)8(14)15/h7-8,15H,4-6H2,1-3H3. The van der Waals surface area contributed by atoms with Crippen molar-refractivity contribution in [3.05, 3.63) is 5.21 Å². The maximum atomic E-state index is 12.8. The summed E-state index contributed by atoms with van der Waals surface area (Å²) in [6.45, 7) is 2.69. The van der Waals surface area contributed by atoms with Gasteiger partial charge in [-0.3, -0.25) is 4.65 Å². The summed E-state index contributed by atoms with van der Waals surface area (Å²) in [5.74, 6) is 0. The van der Waals surface area contributed by atoms with E-state index in [0.29, 0.717) is 11.8 Å². The Hall–Kier alpha value is -0.840. The maximum absolute atomic E-state index is 12.8. The molecule has 1 saturated heterocycles. The highest BCUT2D eigenvalue weighted by Gasteiger charge is 2.49. The van der Waals surface area contributed by atoms with Gasteiger partial charge in [0.2, 0.25) is 6.23 Å². The molecule has 1 aliphatic heterocycles. The number of aromatic nitrogens is 2. The second-order valence-corrected chi connectivity index (χ2v) is 5.33. The summed E-state index contributed by atoms with van der Waals surface area (Å²) in [7, 11) is 3.31. The predicted molar refractivity (Wildman–Crippen MR) is 70.5 cm³/mol. The van der Waals surface area contributed by atoms with Crippen molar-refractivity contribution in [3.63, 3.8) is 0 Å². The van der Waals surface area contributed by atoms with Gasteiger partial charge in [0.05, 0.1) is 13.2 Å². The van der Waals surface area contributed by atoms with Crippen molar-refractivity contribution in [1.82, 2.24) is 19.7 Å². The number of ether oxygens (including phenoxy) is 2. The lowest BCUT2D eigenvalue weighted by atomic mass is 10.3. The summed E-state index contributed by atoms with van der Waals surface area (Å²) in [5.41, 5.74) is 0. The monoisotopic (exact) mass is 290 g/mol. The fourth-order valence-corrected chi connectivity index (χ4v) is 2.94. The van der Waals surface area contributed by atoms with Crippen molar-refractivity contribution in [1.29, 1.82) is 0 Å². The van der Waals surface area contributed by atoms with Gasteiger partial charge < -0.3 is 19.8 Å². The first-order valence-corrected chi connectivity index (χ1v) is 6.77. The molecular weight excluding hydrogens is 272 g/mol. The predicted octanol–water partition coefficient (Wildman–Crippen LogP) is -0.0218. The van der Waals surface area contributed by atoms with Crippen molar-refractivity contribution in [3.8, 4) is 5.19 Å². The molecule has 19 heavy (non-hydrogen) atoms. The molecule has 0 radical (unpaired) electrons. The van der Waals surface area contributed by atoms with Gasteiger partial charge in [0, 0.05) is 18.4 Å². The summed E-state index contributed by atoms with van der Waals surface area (Å²) >= 11 is 1.07. The fourth-order valence-electron chi connectivity index (χ4n) is 2.12. The summed E-state index contributed by atoms with van der Waals surface area (Å²) in [5, 5.41) is 31.2. The largest absolute Gasteiger partial charge is 0.623 e. The topological polar surface area (TPSA) is 90.8 Å². The van der Waals surface area contributed by atoms with Gasteiger partial charge in [-0.15, -0.1) is 0 Å². The van der Waals surface area contributed by atoms with Gasteiger partial charge in [-0.25, -0.2) is 4.90 Å². The molecule has 1 fully saturated rings. The second-order valence-electron chi connectivity index (χ2n) is 4.41. The first-order chi connectivity index (χ1) is 9.02. The van der Waals surface area contributed by atoms with Crippen LogP contribution < -0.4 is 9.38 Å². The number of likely N-dealkylation sites (N-methyl/N-ethyl adjacent to an activating group) is 1. The van der Waals surface area contributed by atoms with Gasteiger partial charge in [-0.1, -0.05) is 10.2 Å². The first-order valence-electron chi connectivity index (χ1n) is 5.95. The lowest BCUT2D eigenvalue weighted by Crippen LogP contribution is -2.51. The van der Waals surface area contributed by atoms with E-state index in [9.17, 15) is 10.3 Å². The molecule has 2 heterocycles. The minimum absolute atomic E-state index is 0.107. The highest BCUT2D eigenvalue weighted by atomic mass is 32.1. The third kappa shape index (κ3) is 2.57. The molecule has 108 valence electrons. The number of aliphatic hydroxyl groups is 1. The van der Waals surface area contributed by atoms with E-state index in [2.05, 4.69) is 10.2 Å². The number of nitrogens with zero attached hydrogens (tertiary/aromatic N) is 4. The summed E-state index contributed by atoms with van der Waals surface area (Å²) < 4.78 is 9.30. The SMILES string of the molecule is CCOc1nnc([N+]2([O-])CN(C)C(COC)C2O)s1. The third-order valence-electron chi connectivity index (χ3n) is 3.10. The first kappa shape index (κ1) is 14.6. The number of aliphatic hydroxyl groups excluding tert-OH is 1. The lowest BCUT2D eigenvalue weighted by molar-refractivity contribution is 0.0228. The number of hydrogen-bond acceptors (Lipinski definition) is 8. The number of quaternary nitrogens is 1. The number of hydroxylamine groups is 2. The van der Waals surface area contributed by atoms with Crippen LogP contribution in [0.25, 0.3) is 0 Å². The lowest BCUT2D eigenvalue weighted by Gasteiger charge is -2.37. The molecule has 0 spiro atoms. The third-order valence-corrected chi connectivity index (χ3v) is 4.04. The van der Waals surface area contributed by atoms with E-state index >= 15 is 0 Å². The van der Waals surface area contributed by atoms with Crippen LogP contribution in [0.2, 0.25) is 0 Å². The molecule has 0 amide bonds. The molecule has 3 atom stereocenters. The molecule has 3 unspecified atom stereocenters. The van der Waals surface area contributed by atoms with E-state index in [1.54, 1.807) is 11.9 Å². The number of rotatable bonds is 5. The van der Waals surface area contributed by atoms with Crippen molar-refractivity contribution in [2.45, 2.75) is 19.2 Å². The van der Waals surface area contributed by atoms with Crippen LogP contribution in [-0.4, -0.2) is 66.5 Å². The molecule has 0 aliphatic carbocycles. The zero-order valence-corrected chi connectivity index (χ0v) is 12.0. The Balaban J connectivity index is 2.21. The number of hydrogen-bond donors (Lipinski definition) is 1. The van der Waals surface area contributed by atoms with E-state index in [-0.39, 0.29) is 24.4 Å².